The van der Waals surface area contributed by atoms with Gasteiger partial charge in [0.1, 0.15) is 11.2 Å². The molecule has 0 unspecified atom stereocenters. The van der Waals surface area contributed by atoms with Crippen LogP contribution in [-0.2, 0) is 0 Å². The third-order valence-electron chi connectivity index (χ3n) is 6.95. The zero-order valence-corrected chi connectivity index (χ0v) is 21.4. The van der Waals surface area contributed by atoms with E-state index in [1.165, 1.54) is 0 Å². The van der Waals surface area contributed by atoms with Crippen LogP contribution in [0.5, 0.6) is 0 Å². The predicted molar refractivity (Wildman–Crippen MR) is 183 cm³/mol. The zero-order chi connectivity index (χ0) is 51.0. The fraction of sp³-hybridized carbons (Fsp3) is 0. The molecule has 0 atom stereocenters. The molecule has 0 fully saturated rings. The molecule has 9 aromatic rings. The third-order valence-corrected chi connectivity index (χ3v) is 6.95. The molecule has 0 spiro atoms. The van der Waals surface area contributed by atoms with Gasteiger partial charge in [-0.15, -0.1) is 0 Å². The lowest BCUT2D eigenvalue weighted by Gasteiger charge is -2.18. The summed E-state index contributed by atoms with van der Waals surface area (Å²) in [7, 11) is 0. The number of hydrogen-bond acceptors (Lipinski definition) is 1. The molecule has 9 rings (SSSR count). The minimum absolute atomic E-state index is 0.440. The Labute approximate surface area is 285 Å². The zero-order valence-electron chi connectivity index (χ0n) is 47.4. The third kappa shape index (κ3) is 3.72. The molecular weight excluding hydrogens is 520 g/mol. The first-order chi connectivity index (χ1) is 32.2. The molecule has 1 heterocycles. The maximum Gasteiger partial charge on any atom is 0.136 e. The van der Waals surface area contributed by atoms with Gasteiger partial charge in [-0.3, -0.25) is 0 Å². The molecule has 1 heteroatoms. The van der Waals surface area contributed by atoms with Crippen LogP contribution < -0.4 is 0 Å². The molecule has 43 heavy (non-hydrogen) atoms. The van der Waals surface area contributed by atoms with E-state index in [0.29, 0.717) is 0 Å². The molecule has 8 aromatic carbocycles. The Bertz CT molecular complexity index is 3830. The molecule has 0 amide bonds. The minimum atomic E-state index is -1.07. The van der Waals surface area contributed by atoms with Crippen molar-refractivity contribution in [2.75, 3.05) is 0 Å². The van der Waals surface area contributed by atoms with Gasteiger partial charge in [-0.2, -0.15) is 0 Å². The molecule has 0 radical (unpaired) electrons. The quantitative estimate of drug-likeness (QED) is 0.192. The Morgan fingerprint density at radius 2 is 0.884 bits per heavy atom. The number of benzene rings is 8. The lowest BCUT2D eigenvalue weighted by atomic mass is 9.85. The van der Waals surface area contributed by atoms with Crippen LogP contribution in [0.2, 0.25) is 0 Å². The number of fused-ring (bicyclic) bond motifs is 6. The maximum absolute atomic E-state index is 9.57. The van der Waals surface area contributed by atoms with Gasteiger partial charge in [-0.1, -0.05) is 139 Å². The van der Waals surface area contributed by atoms with Crippen LogP contribution in [0.25, 0.3) is 87.6 Å². The Kier molecular flexibility index (Phi) is 2.13. The Balaban J connectivity index is 1.53. The number of furan rings is 1. The summed E-state index contributed by atoms with van der Waals surface area (Å²) in [5.41, 5.74) is -5.53. The van der Waals surface area contributed by atoms with Gasteiger partial charge in [0.15, 0.2) is 0 Å². The molecule has 0 saturated heterocycles. The van der Waals surface area contributed by atoms with Crippen molar-refractivity contribution in [1.82, 2.24) is 0 Å². The Hall–Kier alpha value is -5.66. The molecule has 200 valence electrons. The predicted octanol–water partition coefficient (Wildman–Crippen LogP) is 12.0. The molecule has 0 aliphatic heterocycles. The van der Waals surface area contributed by atoms with Crippen LogP contribution in [0.1, 0.15) is 35.6 Å². The molecular formula is C42H26O. The minimum Gasteiger partial charge on any atom is -0.456 e. The van der Waals surface area contributed by atoms with E-state index in [4.69, 9.17) is 27.7 Å². The first-order valence-electron chi connectivity index (χ1n) is 25.7. The fourth-order valence-corrected chi connectivity index (χ4v) is 5.17. The van der Waals surface area contributed by atoms with Crippen molar-refractivity contribution in [3.05, 3.63) is 157 Å². The van der Waals surface area contributed by atoms with E-state index < -0.39 is 245 Å². The van der Waals surface area contributed by atoms with Gasteiger partial charge in [-0.25, -0.2) is 0 Å². The molecule has 1 nitrogen and oxygen atoms in total. The average Bonchev–Trinajstić information content (AvgIpc) is 3.73. The monoisotopic (exact) mass is 572 g/mol. The van der Waals surface area contributed by atoms with Crippen molar-refractivity contribution in [1.29, 1.82) is 0 Å². The smallest absolute Gasteiger partial charge is 0.136 e. The summed E-state index contributed by atoms with van der Waals surface area (Å²) in [5, 5.41) is -4.61. The van der Waals surface area contributed by atoms with Crippen LogP contribution in [0.15, 0.2) is 162 Å². The van der Waals surface area contributed by atoms with Gasteiger partial charge in [0, 0.05) is 10.8 Å². The number of rotatable bonds is 3. The Morgan fingerprint density at radius 1 is 0.372 bits per heavy atom. The summed E-state index contributed by atoms with van der Waals surface area (Å²) in [6, 6.07) is -23.3. The second kappa shape index (κ2) is 9.44. The first kappa shape index (κ1) is 9.69. The van der Waals surface area contributed by atoms with Crippen LogP contribution in [0.3, 0.4) is 0 Å². The molecule has 0 aliphatic carbocycles. The van der Waals surface area contributed by atoms with Crippen LogP contribution in [-0.4, -0.2) is 0 Å². The summed E-state index contributed by atoms with van der Waals surface area (Å²) < 4.78 is 237. The highest BCUT2D eigenvalue weighted by Gasteiger charge is 2.17. The van der Waals surface area contributed by atoms with Crippen LogP contribution in [0.4, 0.5) is 0 Å². The van der Waals surface area contributed by atoms with Crippen molar-refractivity contribution in [3.63, 3.8) is 0 Å². The lowest BCUT2D eigenvalue weighted by Crippen LogP contribution is -1.90. The maximum atomic E-state index is 9.57. The van der Waals surface area contributed by atoms with Gasteiger partial charge in [-0.05, 0) is 83.8 Å². The van der Waals surface area contributed by atoms with Crippen molar-refractivity contribution in [3.8, 4) is 33.4 Å². The fourth-order valence-electron chi connectivity index (χ4n) is 5.17. The van der Waals surface area contributed by atoms with E-state index in [1.54, 1.807) is 0 Å². The SMILES string of the molecule is [2H]c1c([2H])c([2H])c(-c2c3c([2H])c([2H])c([2H])c([2H])c3c(-c3c([2H])c([2H])c(-c4c([2H])c([2H])c([2H])c5oc6c([2H])c7c([2H])c([2H])c([2H])c([2H])c7c([2H])c6c45)c([2H])c3[2H])c3c([2H])c([2H])c([2H])c([2H])c23)c([2H])c1[2H]. The van der Waals surface area contributed by atoms with Crippen molar-refractivity contribution in [2.45, 2.75) is 0 Å². The number of hydrogen-bond donors (Lipinski definition) is 0. The van der Waals surface area contributed by atoms with E-state index in [2.05, 4.69) is 0 Å². The van der Waals surface area contributed by atoms with Crippen LogP contribution in [0, 0.1) is 0 Å². The summed E-state index contributed by atoms with van der Waals surface area (Å²) in [4.78, 5) is 0. The first-order valence-corrected chi connectivity index (χ1v) is 12.7. The van der Waals surface area contributed by atoms with Gasteiger partial charge < -0.3 is 4.42 Å². The summed E-state index contributed by atoms with van der Waals surface area (Å²) in [6.45, 7) is 0. The summed E-state index contributed by atoms with van der Waals surface area (Å²) in [5.74, 6) is 0. The van der Waals surface area contributed by atoms with E-state index in [-0.39, 0.29) is 0 Å². The Morgan fingerprint density at radius 3 is 1.51 bits per heavy atom. The van der Waals surface area contributed by atoms with Crippen LogP contribution >= 0.6 is 0 Å². The molecule has 1 aromatic heterocycles. The highest BCUT2D eigenvalue weighted by Crippen LogP contribution is 2.44. The molecule has 0 aliphatic rings. The van der Waals surface area contributed by atoms with E-state index >= 15 is 0 Å². The standard InChI is InChI=1S/C42H26O/c1-2-11-28(12-3-1)40-33-15-6-8-17-35(33)41(36-18-9-7-16-34(36)40)29-23-21-27(22-24-29)32-19-10-20-38-42(32)37-25-30-13-4-5-14-31(30)26-39(37)43-38/h1-26H/i1D,2D,3D,4D,5D,6D,7D,8D,9D,10D,11D,12D,13D,14D,15D,16D,17D,18D,19D,20D,21D,22D,23D,24D,25D,26D. The van der Waals surface area contributed by atoms with Gasteiger partial charge in [0.05, 0.1) is 35.6 Å². The topological polar surface area (TPSA) is 13.1 Å². The summed E-state index contributed by atoms with van der Waals surface area (Å²) in [6.07, 6.45) is 0. The molecule has 0 saturated carbocycles. The molecule has 0 bridgehead atoms. The lowest BCUT2D eigenvalue weighted by molar-refractivity contribution is 0.669. The largest absolute Gasteiger partial charge is 0.456 e. The van der Waals surface area contributed by atoms with Crippen molar-refractivity contribution < 1.29 is 40.1 Å². The normalized spacial score (nSPS) is 20.2. The highest BCUT2D eigenvalue weighted by molar-refractivity contribution is 6.21. The summed E-state index contributed by atoms with van der Waals surface area (Å²) >= 11 is 0. The molecule has 0 N–H and O–H groups in total. The van der Waals surface area contributed by atoms with Crippen molar-refractivity contribution in [2.24, 2.45) is 0 Å². The van der Waals surface area contributed by atoms with E-state index in [1.807, 2.05) is 0 Å². The highest BCUT2D eigenvalue weighted by atomic mass is 16.3. The second-order valence-corrected chi connectivity index (χ2v) is 9.26. The van der Waals surface area contributed by atoms with Gasteiger partial charge >= 0.3 is 0 Å². The van der Waals surface area contributed by atoms with Crippen molar-refractivity contribution >= 4 is 54.3 Å². The second-order valence-electron chi connectivity index (χ2n) is 9.26. The van der Waals surface area contributed by atoms with Gasteiger partial charge in [0.25, 0.3) is 0 Å². The van der Waals surface area contributed by atoms with E-state index in [0.717, 1.165) is 0 Å². The van der Waals surface area contributed by atoms with E-state index in [9.17, 15) is 12.3 Å². The van der Waals surface area contributed by atoms with Gasteiger partial charge in [0.2, 0.25) is 0 Å². The average molecular weight is 573 g/mol.